The molecule has 3 aromatic carbocycles. The standard InChI is InChI=1S/C22H17ClN2O4/c1-27-18-7-4-8-19(28-2)20(18)21(26)24-15-9-10-17-16(12-15)25-22(29-17)13-5-3-6-14(23)11-13/h3-12H,1-2H3,(H,24,26). The topological polar surface area (TPSA) is 73.6 Å². The third-order valence-electron chi connectivity index (χ3n) is 4.37. The molecule has 0 saturated heterocycles. The molecule has 0 aliphatic rings. The summed E-state index contributed by atoms with van der Waals surface area (Å²) in [5, 5.41) is 3.46. The van der Waals surface area contributed by atoms with Gasteiger partial charge in [0.25, 0.3) is 5.91 Å². The number of rotatable bonds is 5. The molecule has 0 atom stereocenters. The van der Waals surface area contributed by atoms with Gasteiger partial charge in [-0.25, -0.2) is 4.98 Å². The third-order valence-corrected chi connectivity index (χ3v) is 4.61. The van der Waals surface area contributed by atoms with Crippen LogP contribution in [0, 0.1) is 0 Å². The van der Waals surface area contributed by atoms with E-state index in [2.05, 4.69) is 10.3 Å². The lowest BCUT2D eigenvalue weighted by Crippen LogP contribution is -2.14. The van der Waals surface area contributed by atoms with Crippen LogP contribution in [0.1, 0.15) is 10.4 Å². The summed E-state index contributed by atoms with van der Waals surface area (Å²) >= 11 is 6.05. The number of anilines is 1. The van der Waals surface area contributed by atoms with Gasteiger partial charge in [0, 0.05) is 16.3 Å². The fourth-order valence-electron chi connectivity index (χ4n) is 3.02. The molecule has 146 valence electrons. The van der Waals surface area contributed by atoms with Gasteiger partial charge in [-0.15, -0.1) is 0 Å². The van der Waals surface area contributed by atoms with Gasteiger partial charge in [-0.05, 0) is 48.5 Å². The lowest BCUT2D eigenvalue weighted by molar-refractivity contribution is 0.102. The van der Waals surface area contributed by atoms with Crippen molar-refractivity contribution in [3.05, 3.63) is 71.2 Å². The maximum Gasteiger partial charge on any atom is 0.263 e. The molecule has 0 bridgehead atoms. The van der Waals surface area contributed by atoms with E-state index in [1.807, 2.05) is 12.1 Å². The third kappa shape index (κ3) is 3.75. The van der Waals surface area contributed by atoms with Crippen LogP contribution < -0.4 is 14.8 Å². The van der Waals surface area contributed by atoms with Crippen LogP contribution in [-0.4, -0.2) is 25.1 Å². The number of hydrogen-bond acceptors (Lipinski definition) is 5. The number of hydrogen-bond donors (Lipinski definition) is 1. The fraction of sp³-hybridized carbons (Fsp3) is 0.0909. The minimum absolute atomic E-state index is 0.317. The number of carbonyl (C=O) groups is 1. The highest BCUT2D eigenvalue weighted by Crippen LogP contribution is 2.31. The van der Waals surface area contributed by atoms with Gasteiger partial charge in [0.1, 0.15) is 22.6 Å². The number of oxazole rings is 1. The SMILES string of the molecule is COc1cccc(OC)c1C(=O)Nc1ccc2oc(-c3cccc(Cl)c3)nc2c1. The molecule has 0 aliphatic heterocycles. The Hall–Kier alpha value is -3.51. The molecule has 6 nitrogen and oxygen atoms in total. The van der Waals surface area contributed by atoms with Crippen molar-refractivity contribution in [2.45, 2.75) is 0 Å². The number of halogens is 1. The van der Waals surface area contributed by atoms with Crippen LogP contribution in [0.15, 0.2) is 65.1 Å². The largest absolute Gasteiger partial charge is 0.496 e. The quantitative estimate of drug-likeness (QED) is 0.477. The Balaban J connectivity index is 1.65. The lowest BCUT2D eigenvalue weighted by Gasteiger charge is -2.12. The minimum Gasteiger partial charge on any atom is -0.496 e. The molecule has 0 unspecified atom stereocenters. The van der Waals surface area contributed by atoms with Gasteiger partial charge < -0.3 is 19.2 Å². The van der Waals surface area contributed by atoms with E-state index in [4.69, 9.17) is 25.5 Å². The maximum atomic E-state index is 12.8. The van der Waals surface area contributed by atoms with Gasteiger partial charge in [0.05, 0.1) is 14.2 Å². The van der Waals surface area contributed by atoms with Crippen LogP contribution in [0.3, 0.4) is 0 Å². The zero-order valence-electron chi connectivity index (χ0n) is 15.7. The Morgan fingerprint density at radius 3 is 2.41 bits per heavy atom. The first kappa shape index (κ1) is 18.8. The molecule has 1 heterocycles. The first-order chi connectivity index (χ1) is 14.1. The van der Waals surface area contributed by atoms with Crippen molar-refractivity contribution < 1.29 is 18.7 Å². The number of fused-ring (bicyclic) bond motifs is 1. The zero-order chi connectivity index (χ0) is 20.4. The van der Waals surface area contributed by atoms with Crippen molar-refractivity contribution >= 4 is 34.3 Å². The van der Waals surface area contributed by atoms with E-state index < -0.39 is 0 Å². The summed E-state index contributed by atoms with van der Waals surface area (Å²) in [4.78, 5) is 17.4. The van der Waals surface area contributed by atoms with E-state index in [-0.39, 0.29) is 5.91 Å². The van der Waals surface area contributed by atoms with E-state index >= 15 is 0 Å². The van der Waals surface area contributed by atoms with Crippen molar-refractivity contribution in [2.24, 2.45) is 0 Å². The van der Waals surface area contributed by atoms with Crippen LogP contribution in [0.25, 0.3) is 22.6 Å². The molecule has 7 heteroatoms. The second-order valence-corrected chi connectivity index (χ2v) is 6.64. The molecule has 0 radical (unpaired) electrons. The molecule has 4 aromatic rings. The molecule has 1 aromatic heterocycles. The Kier molecular flexibility index (Phi) is 5.10. The molecule has 29 heavy (non-hydrogen) atoms. The Labute approximate surface area is 172 Å². The van der Waals surface area contributed by atoms with Crippen LogP contribution >= 0.6 is 11.6 Å². The Bertz CT molecular complexity index is 1180. The summed E-state index contributed by atoms with van der Waals surface area (Å²) in [6.07, 6.45) is 0. The number of nitrogens with one attached hydrogen (secondary N) is 1. The summed E-state index contributed by atoms with van der Waals surface area (Å²) < 4.78 is 16.4. The summed E-state index contributed by atoms with van der Waals surface area (Å²) in [6.45, 7) is 0. The number of carbonyl (C=O) groups excluding carboxylic acids is 1. The second-order valence-electron chi connectivity index (χ2n) is 6.20. The molecule has 0 spiro atoms. The number of amides is 1. The Morgan fingerprint density at radius 1 is 1.00 bits per heavy atom. The second kappa shape index (κ2) is 7.85. The van der Waals surface area contributed by atoms with E-state index in [0.717, 1.165) is 5.56 Å². The van der Waals surface area contributed by atoms with Crippen molar-refractivity contribution in [3.8, 4) is 23.0 Å². The van der Waals surface area contributed by atoms with Crippen LogP contribution in [0.4, 0.5) is 5.69 Å². The summed E-state index contributed by atoms with van der Waals surface area (Å²) in [6, 6.07) is 17.7. The average Bonchev–Trinajstić information content (AvgIpc) is 3.16. The van der Waals surface area contributed by atoms with Crippen molar-refractivity contribution in [3.63, 3.8) is 0 Å². The predicted octanol–water partition coefficient (Wildman–Crippen LogP) is 5.42. The summed E-state index contributed by atoms with van der Waals surface area (Å²) in [7, 11) is 3.01. The van der Waals surface area contributed by atoms with Crippen LogP contribution in [0.2, 0.25) is 5.02 Å². The maximum absolute atomic E-state index is 12.8. The average molecular weight is 409 g/mol. The number of ether oxygens (including phenoxy) is 2. The number of methoxy groups -OCH3 is 2. The number of nitrogens with zero attached hydrogens (tertiary/aromatic N) is 1. The minimum atomic E-state index is -0.350. The molecule has 4 rings (SSSR count). The van der Waals surface area contributed by atoms with Gasteiger partial charge in [0.15, 0.2) is 5.58 Å². The lowest BCUT2D eigenvalue weighted by atomic mass is 10.1. The molecule has 0 fully saturated rings. The number of aromatic nitrogens is 1. The van der Waals surface area contributed by atoms with E-state index in [0.29, 0.717) is 44.8 Å². The van der Waals surface area contributed by atoms with E-state index in [9.17, 15) is 4.79 Å². The van der Waals surface area contributed by atoms with Gasteiger partial charge in [0.2, 0.25) is 5.89 Å². The van der Waals surface area contributed by atoms with Crippen molar-refractivity contribution in [2.75, 3.05) is 19.5 Å². The highest BCUT2D eigenvalue weighted by atomic mass is 35.5. The normalized spacial score (nSPS) is 10.7. The smallest absolute Gasteiger partial charge is 0.263 e. The summed E-state index contributed by atoms with van der Waals surface area (Å²) in [5.74, 6) is 0.954. The first-order valence-electron chi connectivity index (χ1n) is 8.78. The van der Waals surface area contributed by atoms with E-state index in [1.165, 1.54) is 14.2 Å². The monoisotopic (exact) mass is 408 g/mol. The number of benzene rings is 3. The molecule has 1 amide bonds. The molecular formula is C22H17ClN2O4. The molecule has 0 aliphatic carbocycles. The van der Waals surface area contributed by atoms with Crippen LogP contribution in [-0.2, 0) is 0 Å². The highest BCUT2D eigenvalue weighted by molar-refractivity contribution is 6.30. The fourth-order valence-corrected chi connectivity index (χ4v) is 3.21. The van der Waals surface area contributed by atoms with Crippen molar-refractivity contribution in [1.82, 2.24) is 4.98 Å². The van der Waals surface area contributed by atoms with Crippen molar-refractivity contribution in [1.29, 1.82) is 0 Å². The predicted molar refractivity (Wildman–Crippen MR) is 112 cm³/mol. The first-order valence-corrected chi connectivity index (χ1v) is 9.15. The molecular weight excluding hydrogens is 392 g/mol. The van der Waals surface area contributed by atoms with Gasteiger partial charge >= 0.3 is 0 Å². The van der Waals surface area contributed by atoms with Gasteiger partial charge in [-0.2, -0.15) is 0 Å². The van der Waals surface area contributed by atoms with Gasteiger partial charge in [-0.1, -0.05) is 23.7 Å². The van der Waals surface area contributed by atoms with Crippen LogP contribution in [0.5, 0.6) is 11.5 Å². The summed E-state index contributed by atoms with van der Waals surface area (Å²) in [5.41, 5.74) is 2.88. The molecule has 1 N–H and O–H groups in total. The Morgan fingerprint density at radius 2 is 1.72 bits per heavy atom. The highest BCUT2D eigenvalue weighted by Gasteiger charge is 2.19. The van der Waals surface area contributed by atoms with E-state index in [1.54, 1.807) is 48.5 Å². The zero-order valence-corrected chi connectivity index (χ0v) is 16.5. The molecule has 0 saturated carbocycles. The van der Waals surface area contributed by atoms with Gasteiger partial charge in [-0.3, -0.25) is 4.79 Å².